The van der Waals surface area contributed by atoms with Crippen LogP contribution in [-0.2, 0) is 4.79 Å². The van der Waals surface area contributed by atoms with Gasteiger partial charge in [0.2, 0.25) is 0 Å². The smallest absolute Gasteiger partial charge is 0.335 e. The third-order valence-corrected chi connectivity index (χ3v) is 2.75. The van der Waals surface area contributed by atoms with Gasteiger partial charge in [0.05, 0.1) is 5.57 Å². The van der Waals surface area contributed by atoms with Crippen LogP contribution in [0, 0.1) is 0 Å². The summed E-state index contributed by atoms with van der Waals surface area (Å²) in [6, 6.07) is 0. The molecule has 4 nitrogen and oxygen atoms in total. The number of carbonyl (C=O) groups is 1. The van der Waals surface area contributed by atoms with E-state index in [2.05, 4.69) is 4.90 Å². The average Bonchev–Trinajstić information content (AvgIpc) is 2.48. The molecule has 0 unspecified atom stereocenters. The monoisotopic (exact) mass is 182 g/mol. The van der Waals surface area contributed by atoms with Gasteiger partial charge in [-0.1, -0.05) is 0 Å². The Labute approximate surface area is 77.4 Å². The van der Waals surface area contributed by atoms with Gasteiger partial charge in [-0.05, 0) is 12.8 Å². The van der Waals surface area contributed by atoms with Crippen molar-refractivity contribution in [3.05, 3.63) is 11.4 Å². The molecule has 0 aromatic rings. The van der Waals surface area contributed by atoms with Gasteiger partial charge in [-0.25, -0.2) is 4.79 Å². The fourth-order valence-corrected chi connectivity index (χ4v) is 2.12. The average molecular weight is 182 g/mol. The Hall–Kier alpha value is -1.19. The molecule has 0 amide bonds. The van der Waals surface area contributed by atoms with Crippen molar-refractivity contribution in [1.29, 1.82) is 0 Å². The first-order valence-corrected chi connectivity index (χ1v) is 4.62. The second-order valence-corrected chi connectivity index (χ2v) is 3.62. The lowest BCUT2D eigenvalue weighted by Crippen LogP contribution is -2.30. The van der Waals surface area contributed by atoms with Gasteiger partial charge in [0.1, 0.15) is 5.82 Å². The summed E-state index contributed by atoms with van der Waals surface area (Å²) in [5.74, 6) is 0.187. The molecule has 0 aromatic heterocycles. The standard InChI is InChI=1S/C9H14N2O2/c1-10-5-6-11-4-2-3-7(8(10)11)9(12)13/h2-6H2,1H3,(H,12,13). The second kappa shape index (κ2) is 2.94. The molecule has 1 N–H and O–H groups in total. The quantitative estimate of drug-likeness (QED) is 0.634. The topological polar surface area (TPSA) is 43.8 Å². The van der Waals surface area contributed by atoms with Crippen molar-refractivity contribution in [2.75, 3.05) is 26.7 Å². The number of likely N-dealkylation sites (N-methyl/N-ethyl adjacent to an activating group) is 1. The van der Waals surface area contributed by atoms with Crippen molar-refractivity contribution in [3.63, 3.8) is 0 Å². The molecule has 0 saturated carbocycles. The summed E-state index contributed by atoms with van der Waals surface area (Å²) in [4.78, 5) is 15.1. The number of rotatable bonds is 1. The number of aliphatic carboxylic acids is 1. The van der Waals surface area contributed by atoms with Crippen LogP contribution in [0.4, 0.5) is 0 Å². The van der Waals surface area contributed by atoms with Crippen LogP contribution in [0.15, 0.2) is 11.4 Å². The maximum Gasteiger partial charge on any atom is 0.335 e. The van der Waals surface area contributed by atoms with Crippen LogP contribution in [0.1, 0.15) is 12.8 Å². The lowest BCUT2D eigenvalue weighted by molar-refractivity contribution is -0.133. The van der Waals surface area contributed by atoms with E-state index in [9.17, 15) is 4.79 Å². The number of carboxylic acid groups (broad SMARTS) is 1. The normalized spacial score (nSPS) is 22.2. The molecule has 0 bridgehead atoms. The summed E-state index contributed by atoms with van der Waals surface area (Å²) in [5, 5.41) is 8.99. The predicted octanol–water partition coefficient (Wildman–Crippen LogP) is 0.324. The Morgan fingerprint density at radius 3 is 2.85 bits per heavy atom. The number of hydrogen-bond donors (Lipinski definition) is 1. The summed E-state index contributed by atoms with van der Waals surface area (Å²) in [6.45, 7) is 2.94. The summed E-state index contributed by atoms with van der Waals surface area (Å²) < 4.78 is 0. The van der Waals surface area contributed by atoms with Gasteiger partial charge in [-0.3, -0.25) is 0 Å². The minimum absolute atomic E-state index is 0.589. The second-order valence-electron chi connectivity index (χ2n) is 3.62. The van der Waals surface area contributed by atoms with Crippen molar-refractivity contribution in [2.45, 2.75) is 12.8 Å². The fraction of sp³-hybridized carbons (Fsp3) is 0.667. The summed E-state index contributed by atoms with van der Waals surface area (Å²) >= 11 is 0. The molecule has 0 spiro atoms. The van der Waals surface area contributed by atoms with Gasteiger partial charge in [-0.2, -0.15) is 0 Å². The van der Waals surface area contributed by atoms with Crippen LogP contribution in [0.3, 0.4) is 0 Å². The molecule has 0 aliphatic carbocycles. The number of nitrogens with zero attached hydrogens (tertiary/aromatic N) is 2. The molecule has 0 radical (unpaired) electrons. The van der Waals surface area contributed by atoms with Gasteiger partial charge in [0, 0.05) is 26.7 Å². The van der Waals surface area contributed by atoms with Crippen LogP contribution >= 0.6 is 0 Å². The van der Waals surface area contributed by atoms with Crippen molar-refractivity contribution in [2.24, 2.45) is 0 Å². The van der Waals surface area contributed by atoms with E-state index in [1.54, 1.807) is 0 Å². The zero-order valence-electron chi connectivity index (χ0n) is 7.79. The van der Waals surface area contributed by atoms with Gasteiger partial charge < -0.3 is 14.9 Å². The number of carboxylic acids is 1. The summed E-state index contributed by atoms with van der Waals surface area (Å²) in [7, 11) is 1.96. The van der Waals surface area contributed by atoms with E-state index in [0.29, 0.717) is 12.0 Å². The van der Waals surface area contributed by atoms with E-state index in [0.717, 1.165) is 31.9 Å². The molecular weight excluding hydrogens is 168 g/mol. The highest BCUT2D eigenvalue weighted by molar-refractivity contribution is 5.87. The molecule has 2 aliphatic heterocycles. The molecule has 1 saturated heterocycles. The lowest BCUT2D eigenvalue weighted by Gasteiger charge is -2.28. The minimum Gasteiger partial charge on any atom is -0.478 e. The van der Waals surface area contributed by atoms with Gasteiger partial charge >= 0.3 is 5.97 Å². The van der Waals surface area contributed by atoms with Crippen LogP contribution in [-0.4, -0.2) is 47.6 Å². The first-order chi connectivity index (χ1) is 6.20. The Balaban J connectivity index is 2.38. The van der Waals surface area contributed by atoms with Gasteiger partial charge in [0.15, 0.2) is 0 Å². The highest BCUT2D eigenvalue weighted by atomic mass is 16.4. The van der Waals surface area contributed by atoms with E-state index in [1.807, 2.05) is 11.9 Å². The molecule has 0 aromatic carbocycles. The lowest BCUT2D eigenvalue weighted by atomic mass is 10.1. The number of fused-ring (bicyclic) bond motifs is 1. The first-order valence-electron chi connectivity index (χ1n) is 4.62. The Kier molecular flexibility index (Phi) is 1.90. The fourth-order valence-electron chi connectivity index (χ4n) is 2.12. The van der Waals surface area contributed by atoms with Crippen molar-refractivity contribution < 1.29 is 9.90 Å². The molecule has 1 fully saturated rings. The van der Waals surface area contributed by atoms with Crippen LogP contribution in [0.5, 0.6) is 0 Å². The maximum atomic E-state index is 10.9. The molecular formula is C9H14N2O2. The zero-order chi connectivity index (χ0) is 9.42. The first kappa shape index (κ1) is 8.41. The summed E-state index contributed by atoms with van der Waals surface area (Å²) in [6.07, 6.45) is 1.68. The van der Waals surface area contributed by atoms with E-state index >= 15 is 0 Å². The van der Waals surface area contributed by atoms with Gasteiger partial charge in [-0.15, -0.1) is 0 Å². The zero-order valence-corrected chi connectivity index (χ0v) is 7.79. The van der Waals surface area contributed by atoms with E-state index in [4.69, 9.17) is 5.11 Å². The SMILES string of the molecule is CN1CCN2CCCC(C(=O)O)=C12. The van der Waals surface area contributed by atoms with E-state index in [-0.39, 0.29) is 0 Å². The minimum atomic E-state index is -0.756. The largest absolute Gasteiger partial charge is 0.478 e. The van der Waals surface area contributed by atoms with E-state index < -0.39 is 5.97 Å². The van der Waals surface area contributed by atoms with Crippen molar-refractivity contribution >= 4 is 5.97 Å². The van der Waals surface area contributed by atoms with Crippen LogP contribution in [0.25, 0.3) is 0 Å². The Bertz CT molecular complexity index is 273. The molecule has 13 heavy (non-hydrogen) atoms. The molecule has 4 heteroatoms. The molecule has 2 heterocycles. The Morgan fingerprint density at radius 2 is 2.15 bits per heavy atom. The molecule has 72 valence electrons. The highest BCUT2D eigenvalue weighted by Gasteiger charge is 2.30. The van der Waals surface area contributed by atoms with Crippen LogP contribution in [0.2, 0.25) is 0 Å². The molecule has 0 atom stereocenters. The molecule has 2 rings (SSSR count). The summed E-state index contributed by atoms with van der Waals surface area (Å²) in [5.41, 5.74) is 0.589. The van der Waals surface area contributed by atoms with Crippen molar-refractivity contribution in [1.82, 2.24) is 9.80 Å². The van der Waals surface area contributed by atoms with Crippen LogP contribution < -0.4 is 0 Å². The predicted molar refractivity (Wildman–Crippen MR) is 48.1 cm³/mol. The third-order valence-electron chi connectivity index (χ3n) is 2.75. The third kappa shape index (κ3) is 1.26. The van der Waals surface area contributed by atoms with Gasteiger partial charge in [0.25, 0.3) is 0 Å². The maximum absolute atomic E-state index is 10.9. The number of hydrogen-bond acceptors (Lipinski definition) is 3. The van der Waals surface area contributed by atoms with Crippen molar-refractivity contribution in [3.8, 4) is 0 Å². The van der Waals surface area contributed by atoms with E-state index in [1.165, 1.54) is 0 Å². The molecule has 2 aliphatic rings. The highest BCUT2D eigenvalue weighted by Crippen LogP contribution is 2.27. The Morgan fingerprint density at radius 1 is 1.38 bits per heavy atom.